The molecule has 0 fully saturated rings. The summed E-state index contributed by atoms with van der Waals surface area (Å²) < 4.78 is 26.2. The van der Waals surface area contributed by atoms with E-state index in [0.717, 1.165) is 25.0 Å². The van der Waals surface area contributed by atoms with Crippen LogP contribution in [-0.2, 0) is 4.79 Å². The Morgan fingerprint density at radius 1 is 1.13 bits per heavy atom. The fraction of sp³-hybridized carbons (Fsp3) is 0.529. The number of hydrogen-bond acceptors (Lipinski definition) is 2. The highest BCUT2D eigenvalue weighted by Gasteiger charge is 2.13. The van der Waals surface area contributed by atoms with Gasteiger partial charge in [0.05, 0.1) is 5.56 Å². The van der Waals surface area contributed by atoms with Gasteiger partial charge in [-0.2, -0.15) is 0 Å². The standard InChI is InChI=1S/C17H24F2N2O2/c1-11(2)4-5-12(3)21-16(22)8-9-20-17(23)14-7-6-13(18)10-15(14)19/h6-7,10-12H,4-5,8-9H2,1-3H3,(H,20,23)(H,21,22). The average Bonchev–Trinajstić information content (AvgIpc) is 2.44. The Morgan fingerprint density at radius 3 is 2.43 bits per heavy atom. The Labute approximate surface area is 135 Å². The molecule has 0 bridgehead atoms. The summed E-state index contributed by atoms with van der Waals surface area (Å²) in [7, 11) is 0. The van der Waals surface area contributed by atoms with Crippen molar-refractivity contribution in [1.29, 1.82) is 0 Å². The third kappa shape index (κ3) is 7.21. The van der Waals surface area contributed by atoms with Crippen LogP contribution in [0, 0.1) is 17.6 Å². The van der Waals surface area contributed by atoms with Gasteiger partial charge in [0.2, 0.25) is 5.91 Å². The van der Waals surface area contributed by atoms with Crippen molar-refractivity contribution in [2.24, 2.45) is 5.92 Å². The molecule has 1 atom stereocenters. The molecule has 0 heterocycles. The normalized spacial score (nSPS) is 12.1. The van der Waals surface area contributed by atoms with E-state index in [2.05, 4.69) is 24.5 Å². The summed E-state index contributed by atoms with van der Waals surface area (Å²) in [4.78, 5) is 23.5. The van der Waals surface area contributed by atoms with E-state index in [-0.39, 0.29) is 30.5 Å². The van der Waals surface area contributed by atoms with E-state index in [1.54, 1.807) is 0 Å². The number of rotatable bonds is 8. The van der Waals surface area contributed by atoms with E-state index >= 15 is 0 Å². The van der Waals surface area contributed by atoms with Crippen molar-refractivity contribution < 1.29 is 18.4 Å². The highest BCUT2D eigenvalue weighted by molar-refractivity contribution is 5.94. The van der Waals surface area contributed by atoms with Crippen molar-refractivity contribution in [3.05, 3.63) is 35.4 Å². The molecule has 0 saturated heterocycles. The first-order valence-corrected chi connectivity index (χ1v) is 7.82. The topological polar surface area (TPSA) is 58.2 Å². The summed E-state index contributed by atoms with van der Waals surface area (Å²) >= 11 is 0. The Bertz CT molecular complexity index is 547. The summed E-state index contributed by atoms with van der Waals surface area (Å²) in [5.74, 6) is -1.91. The molecule has 6 heteroatoms. The summed E-state index contributed by atoms with van der Waals surface area (Å²) in [6.07, 6.45) is 2.04. The summed E-state index contributed by atoms with van der Waals surface area (Å²) in [6, 6.07) is 2.82. The number of benzene rings is 1. The lowest BCUT2D eigenvalue weighted by Gasteiger charge is -2.15. The van der Waals surface area contributed by atoms with Crippen LogP contribution in [0.5, 0.6) is 0 Å². The molecule has 0 aliphatic rings. The lowest BCUT2D eigenvalue weighted by Crippen LogP contribution is -2.35. The molecule has 0 radical (unpaired) electrons. The van der Waals surface area contributed by atoms with Gasteiger partial charge in [-0.15, -0.1) is 0 Å². The summed E-state index contributed by atoms with van der Waals surface area (Å²) in [6.45, 7) is 6.28. The van der Waals surface area contributed by atoms with Crippen molar-refractivity contribution in [2.45, 2.75) is 46.1 Å². The van der Waals surface area contributed by atoms with Crippen LogP contribution < -0.4 is 10.6 Å². The Balaban J connectivity index is 2.33. The maximum atomic E-state index is 13.4. The van der Waals surface area contributed by atoms with Gasteiger partial charge in [-0.25, -0.2) is 8.78 Å². The number of carbonyl (C=O) groups excluding carboxylic acids is 2. The van der Waals surface area contributed by atoms with Crippen LogP contribution in [0.3, 0.4) is 0 Å². The molecule has 128 valence electrons. The van der Waals surface area contributed by atoms with E-state index in [9.17, 15) is 18.4 Å². The molecular formula is C17H24F2N2O2. The van der Waals surface area contributed by atoms with Gasteiger partial charge >= 0.3 is 0 Å². The summed E-state index contributed by atoms with van der Waals surface area (Å²) in [5.41, 5.74) is -0.239. The molecule has 1 aromatic carbocycles. The first-order valence-electron chi connectivity index (χ1n) is 7.82. The molecular weight excluding hydrogens is 302 g/mol. The zero-order valence-electron chi connectivity index (χ0n) is 13.8. The minimum atomic E-state index is -0.922. The Kier molecular flexibility index (Phi) is 7.65. The third-order valence-corrected chi connectivity index (χ3v) is 3.40. The molecule has 1 rings (SSSR count). The van der Waals surface area contributed by atoms with Gasteiger partial charge in [0, 0.05) is 25.1 Å². The average molecular weight is 326 g/mol. The van der Waals surface area contributed by atoms with Crippen LogP contribution in [0.4, 0.5) is 8.78 Å². The zero-order valence-corrected chi connectivity index (χ0v) is 13.8. The minimum Gasteiger partial charge on any atom is -0.354 e. The molecule has 4 nitrogen and oxygen atoms in total. The third-order valence-electron chi connectivity index (χ3n) is 3.40. The lowest BCUT2D eigenvalue weighted by atomic mass is 10.0. The number of carbonyl (C=O) groups is 2. The van der Waals surface area contributed by atoms with Crippen LogP contribution >= 0.6 is 0 Å². The monoisotopic (exact) mass is 326 g/mol. The van der Waals surface area contributed by atoms with E-state index in [1.165, 1.54) is 0 Å². The molecule has 2 N–H and O–H groups in total. The van der Waals surface area contributed by atoms with E-state index in [4.69, 9.17) is 0 Å². The Hall–Kier alpha value is -1.98. The molecule has 0 saturated carbocycles. The van der Waals surface area contributed by atoms with E-state index < -0.39 is 17.5 Å². The predicted molar refractivity (Wildman–Crippen MR) is 85.0 cm³/mol. The molecule has 0 spiro atoms. The predicted octanol–water partition coefficient (Wildman–Crippen LogP) is 3.03. The number of halogens is 2. The van der Waals surface area contributed by atoms with Crippen molar-refractivity contribution >= 4 is 11.8 Å². The second-order valence-electron chi connectivity index (χ2n) is 6.07. The van der Waals surface area contributed by atoms with Crippen LogP contribution in [0.1, 0.15) is 50.4 Å². The smallest absolute Gasteiger partial charge is 0.254 e. The summed E-state index contributed by atoms with van der Waals surface area (Å²) in [5, 5.41) is 5.31. The zero-order chi connectivity index (χ0) is 17.4. The molecule has 1 unspecified atom stereocenters. The second kappa shape index (κ2) is 9.22. The van der Waals surface area contributed by atoms with Crippen molar-refractivity contribution in [1.82, 2.24) is 10.6 Å². The molecule has 23 heavy (non-hydrogen) atoms. The number of nitrogens with one attached hydrogen (secondary N) is 2. The second-order valence-corrected chi connectivity index (χ2v) is 6.07. The number of amides is 2. The SMILES string of the molecule is CC(C)CCC(C)NC(=O)CCNC(=O)c1ccc(F)cc1F. The van der Waals surface area contributed by atoms with Crippen molar-refractivity contribution in [3.8, 4) is 0 Å². The fourth-order valence-corrected chi connectivity index (χ4v) is 2.06. The van der Waals surface area contributed by atoms with Crippen molar-refractivity contribution in [3.63, 3.8) is 0 Å². The maximum Gasteiger partial charge on any atom is 0.254 e. The maximum absolute atomic E-state index is 13.4. The highest BCUT2D eigenvalue weighted by Crippen LogP contribution is 2.09. The minimum absolute atomic E-state index is 0.0788. The van der Waals surface area contributed by atoms with Gasteiger partial charge in [0.25, 0.3) is 5.91 Å². The van der Waals surface area contributed by atoms with Gasteiger partial charge in [0.15, 0.2) is 0 Å². The van der Waals surface area contributed by atoms with Gasteiger partial charge in [-0.3, -0.25) is 9.59 Å². The lowest BCUT2D eigenvalue weighted by molar-refractivity contribution is -0.121. The van der Waals surface area contributed by atoms with Gasteiger partial charge in [-0.1, -0.05) is 13.8 Å². The van der Waals surface area contributed by atoms with Gasteiger partial charge in [-0.05, 0) is 37.8 Å². The van der Waals surface area contributed by atoms with Crippen LogP contribution in [0.15, 0.2) is 18.2 Å². The number of hydrogen-bond donors (Lipinski definition) is 2. The van der Waals surface area contributed by atoms with Crippen LogP contribution in [-0.4, -0.2) is 24.4 Å². The molecule has 2 amide bonds. The Morgan fingerprint density at radius 2 is 1.83 bits per heavy atom. The highest BCUT2D eigenvalue weighted by atomic mass is 19.1. The van der Waals surface area contributed by atoms with Crippen LogP contribution in [0.25, 0.3) is 0 Å². The molecule has 0 aromatic heterocycles. The first-order chi connectivity index (χ1) is 10.8. The van der Waals surface area contributed by atoms with E-state index in [0.29, 0.717) is 12.0 Å². The quantitative estimate of drug-likeness (QED) is 0.771. The fourth-order valence-electron chi connectivity index (χ4n) is 2.06. The first kappa shape index (κ1) is 19.1. The van der Waals surface area contributed by atoms with Crippen LogP contribution in [0.2, 0.25) is 0 Å². The van der Waals surface area contributed by atoms with Gasteiger partial charge < -0.3 is 10.6 Å². The molecule has 1 aromatic rings. The van der Waals surface area contributed by atoms with Gasteiger partial charge in [0.1, 0.15) is 11.6 Å². The van der Waals surface area contributed by atoms with E-state index in [1.807, 2.05) is 6.92 Å². The largest absolute Gasteiger partial charge is 0.354 e. The molecule has 0 aliphatic heterocycles. The molecule has 0 aliphatic carbocycles. The van der Waals surface area contributed by atoms with Crippen molar-refractivity contribution in [2.75, 3.05) is 6.54 Å².